The molecule has 4 heteroatoms. The summed E-state index contributed by atoms with van der Waals surface area (Å²) in [7, 11) is 1.80. The quantitative estimate of drug-likeness (QED) is 0.821. The Kier molecular flexibility index (Phi) is 4.94. The first-order valence-corrected chi connectivity index (χ1v) is 6.03. The van der Waals surface area contributed by atoms with Crippen molar-refractivity contribution in [1.29, 1.82) is 0 Å². The molecule has 94 valence electrons. The van der Waals surface area contributed by atoms with Gasteiger partial charge in [0.25, 0.3) is 5.91 Å². The molecule has 4 nitrogen and oxygen atoms in total. The van der Waals surface area contributed by atoms with Crippen LogP contribution in [0, 0.1) is 5.92 Å². The van der Waals surface area contributed by atoms with E-state index in [4.69, 9.17) is 0 Å². The Balaban J connectivity index is 2.84. The summed E-state index contributed by atoms with van der Waals surface area (Å²) in [5.41, 5.74) is 1.59. The molecular weight excluding hydrogens is 214 g/mol. The average Bonchev–Trinajstić information content (AvgIpc) is 2.34. The molecule has 1 rings (SSSR count). The van der Waals surface area contributed by atoms with Gasteiger partial charge in [-0.25, -0.2) is 4.98 Å². The number of aromatic nitrogens is 1. The summed E-state index contributed by atoms with van der Waals surface area (Å²) in [6.07, 6.45) is 0.819. The summed E-state index contributed by atoms with van der Waals surface area (Å²) in [5.74, 6) is 1.15. The van der Waals surface area contributed by atoms with Gasteiger partial charge in [0.15, 0.2) is 0 Å². The van der Waals surface area contributed by atoms with Crippen LogP contribution >= 0.6 is 0 Å². The van der Waals surface area contributed by atoms with Crippen LogP contribution in [0.3, 0.4) is 0 Å². The molecule has 2 N–H and O–H groups in total. The number of rotatable bonds is 5. The van der Waals surface area contributed by atoms with Gasteiger partial charge in [0, 0.05) is 24.8 Å². The number of hydrogen-bond donors (Lipinski definition) is 2. The van der Waals surface area contributed by atoms with E-state index in [0.29, 0.717) is 18.0 Å². The molecular formula is C13H21N3O. The number of carbonyl (C=O) groups is 1. The molecule has 0 unspecified atom stereocenters. The lowest BCUT2D eigenvalue weighted by Gasteiger charge is -2.10. The van der Waals surface area contributed by atoms with E-state index in [0.717, 1.165) is 17.9 Å². The van der Waals surface area contributed by atoms with Crippen molar-refractivity contribution >= 4 is 11.7 Å². The van der Waals surface area contributed by atoms with Crippen molar-refractivity contribution in [2.75, 3.05) is 18.9 Å². The van der Waals surface area contributed by atoms with Crippen LogP contribution in [0.5, 0.6) is 0 Å². The Labute approximate surface area is 103 Å². The third kappa shape index (κ3) is 4.06. The Morgan fingerprint density at radius 3 is 2.65 bits per heavy atom. The molecule has 0 fully saturated rings. The first kappa shape index (κ1) is 13.5. The van der Waals surface area contributed by atoms with Crippen LogP contribution in [0.2, 0.25) is 0 Å². The van der Waals surface area contributed by atoms with Gasteiger partial charge in [-0.2, -0.15) is 0 Å². The highest BCUT2D eigenvalue weighted by Crippen LogP contribution is 2.10. The zero-order valence-corrected chi connectivity index (χ0v) is 11.0. The second-order valence-electron chi connectivity index (χ2n) is 4.44. The van der Waals surface area contributed by atoms with E-state index < -0.39 is 0 Å². The standard InChI is InChI=1S/C13H21N3O/c1-5-11-6-10(7-12(14-4)16-11)13(17)15-8-9(2)3/h6-7,9H,5,8H2,1-4H3,(H,14,16)(H,15,17). The SMILES string of the molecule is CCc1cc(C(=O)NCC(C)C)cc(NC)n1. The summed E-state index contributed by atoms with van der Waals surface area (Å²) < 4.78 is 0. The first-order valence-electron chi connectivity index (χ1n) is 6.03. The van der Waals surface area contributed by atoms with Gasteiger partial charge in [0.05, 0.1) is 0 Å². The van der Waals surface area contributed by atoms with Crippen LogP contribution in [0.15, 0.2) is 12.1 Å². The van der Waals surface area contributed by atoms with Crippen molar-refractivity contribution in [2.24, 2.45) is 5.92 Å². The van der Waals surface area contributed by atoms with Crippen molar-refractivity contribution in [3.8, 4) is 0 Å². The Bertz CT molecular complexity index is 366. The molecule has 17 heavy (non-hydrogen) atoms. The summed E-state index contributed by atoms with van der Waals surface area (Å²) >= 11 is 0. The lowest BCUT2D eigenvalue weighted by Crippen LogP contribution is -2.27. The smallest absolute Gasteiger partial charge is 0.251 e. The Morgan fingerprint density at radius 2 is 2.12 bits per heavy atom. The Hall–Kier alpha value is -1.58. The molecule has 0 aliphatic rings. The molecule has 0 spiro atoms. The molecule has 0 aromatic carbocycles. The van der Waals surface area contributed by atoms with E-state index in [2.05, 4.69) is 29.5 Å². The predicted octanol–water partition coefficient (Wildman–Crippen LogP) is 2.07. The molecule has 1 amide bonds. The number of anilines is 1. The van der Waals surface area contributed by atoms with Crippen molar-refractivity contribution < 1.29 is 4.79 Å². The molecule has 1 aromatic heterocycles. The summed E-state index contributed by atoms with van der Waals surface area (Å²) in [6, 6.07) is 3.62. The highest BCUT2D eigenvalue weighted by atomic mass is 16.1. The minimum absolute atomic E-state index is 0.0349. The Morgan fingerprint density at radius 1 is 1.41 bits per heavy atom. The van der Waals surface area contributed by atoms with Gasteiger partial charge >= 0.3 is 0 Å². The topological polar surface area (TPSA) is 54.0 Å². The first-order chi connectivity index (χ1) is 8.06. The van der Waals surface area contributed by atoms with Gasteiger partial charge < -0.3 is 10.6 Å². The molecule has 0 atom stereocenters. The highest BCUT2D eigenvalue weighted by Gasteiger charge is 2.09. The van der Waals surface area contributed by atoms with Gasteiger partial charge in [-0.1, -0.05) is 20.8 Å². The number of nitrogens with one attached hydrogen (secondary N) is 2. The molecule has 1 aromatic rings. The van der Waals surface area contributed by atoms with Gasteiger partial charge in [0.1, 0.15) is 5.82 Å². The van der Waals surface area contributed by atoms with Crippen LogP contribution in [0.4, 0.5) is 5.82 Å². The van der Waals surface area contributed by atoms with Crippen LogP contribution < -0.4 is 10.6 Å². The van der Waals surface area contributed by atoms with E-state index in [1.807, 2.05) is 13.0 Å². The number of hydrogen-bond acceptors (Lipinski definition) is 3. The second-order valence-corrected chi connectivity index (χ2v) is 4.44. The minimum Gasteiger partial charge on any atom is -0.373 e. The van der Waals surface area contributed by atoms with Crippen molar-refractivity contribution in [3.63, 3.8) is 0 Å². The molecule has 0 aliphatic carbocycles. The number of nitrogens with zero attached hydrogens (tertiary/aromatic N) is 1. The average molecular weight is 235 g/mol. The molecule has 1 heterocycles. The van der Waals surface area contributed by atoms with Gasteiger partial charge in [-0.15, -0.1) is 0 Å². The molecule has 0 bridgehead atoms. The fourth-order valence-corrected chi connectivity index (χ4v) is 1.43. The summed E-state index contributed by atoms with van der Waals surface area (Å²) in [5, 5.41) is 5.88. The van der Waals surface area contributed by atoms with E-state index in [9.17, 15) is 4.79 Å². The van der Waals surface area contributed by atoms with Crippen LogP contribution in [0.1, 0.15) is 36.8 Å². The molecule has 0 radical (unpaired) electrons. The van der Waals surface area contributed by atoms with Gasteiger partial charge in [-0.3, -0.25) is 4.79 Å². The zero-order chi connectivity index (χ0) is 12.8. The molecule has 0 saturated carbocycles. The van der Waals surface area contributed by atoms with Gasteiger partial charge in [-0.05, 0) is 24.5 Å². The maximum absolute atomic E-state index is 11.9. The lowest BCUT2D eigenvalue weighted by molar-refractivity contribution is 0.0949. The van der Waals surface area contributed by atoms with E-state index in [-0.39, 0.29) is 5.91 Å². The second kappa shape index (κ2) is 6.23. The largest absolute Gasteiger partial charge is 0.373 e. The summed E-state index contributed by atoms with van der Waals surface area (Å²) in [6.45, 7) is 6.86. The van der Waals surface area contributed by atoms with Crippen LogP contribution in [-0.4, -0.2) is 24.5 Å². The monoisotopic (exact) mass is 235 g/mol. The third-order valence-electron chi connectivity index (χ3n) is 2.43. The number of pyridine rings is 1. The zero-order valence-electron chi connectivity index (χ0n) is 11.0. The predicted molar refractivity (Wildman–Crippen MR) is 70.3 cm³/mol. The van der Waals surface area contributed by atoms with E-state index >= 15 is 0 Å². The number of aryl methyl sites for hydroxylation is 1. The fraction of sp³-hybridized carbons (Fsp3) is 0.538. The normalized spacial score (nSPS) is 10.4. The lowest BCUT2D eigenvalue weighted by atomic mass is 10.1. The number of amides is 1. The van der Waals surface area contributed by atoms with E-state index in [1.165, 1.54) is 0 Å². The molecule has 0 saturated heterocycles. The maximum atomic E-state index is 11.9. The number of carbonyl (C=O) groups excluding carboxylic acids is 1. The fourth-order valence-electron chi connectivity index (χ4n) is 1.43. The third-order valence-corrected chi connectivity index (χ3v) is 2.43. The minimum atomic E-state index is -0.0349. The summed E-state index contributed by atoms with van der Waals surface area (Å²) in [4.78, 5) is 16.3. The van der Waals surface area contributed by atoms with Crippen molar-refractivity contribution in [2.45, 2.75) is 27.2 Å². The van der Waals surface area contributed by atoms with Crippen LogP contribution in [-0.2, 0) is 6.42 Å². The van der Waals surface area contributed by atoms with Crippen molar-refractivity contribution in [3.05, 3.63) is 23.4 Å². The van der Waals surface area contributed by atoms with Crippen LogP contribution in [0.25, 0.3) is 0 Å². The maximum Gasteiger partial charge on any atom is 0.251 e. The van der Waals surface area contributed by atoms with E-state index in [1.54, 1.807) is 13.1 Å². The highest BCUT2D eigenvalue weighted by molar-refractivity contribution is 5.95. The van der Waals surface area contributed by atoms with Crippen molar-refractivity contribution in [1.82, 2.24) is 10.3 Å². The van der Waals surface area contributed by atoms with Gasteiger partial charge in [0.2, 0.25) is 0 Å². The molecule has 0 aliphatic heterocycles.